The number of benzene rings is 2. The molecule has 1 amide bonds. The Labute approximate surface area is 239 Å². The molecule has 2 heterocycles. The van der Waals surface area contributed by atoms with E-state index in [1.807, 2.05) is 30.3 Å². The smallest absolute Gasteiger partial charge is 0.339 e. The normalized spacial score (nSPS) is 22.5. The van der Waals surface area contributed by atoms with Crippen LogP contribution in [0.4, 0.5) is 5.69 Å². The maximum atomic E-state index is 14.6. The number of nitrogens with zero attached hydrogens (tertiary/aromatic N) is 1. The van der Waals surface area contributed by atoms with Crippen molar-refractivity contribution in [2.24, 2.45) is 11.8 Å². The third kappa shape index (κ3) is 4.35. The molecule has 2 aliphatic rings. The number of fused-ring (bicyclic) bond motifs is 2. The number of rotatable bonds is 8. The lowest BCUT2D eigenvalue weighted by molar-refractivity contribution is -0.175. The molecule has 2 aromatic rings. The number of methoxy groups -OCH3 is 2. The Morgan fingerprint density at radius 1 is 0.900 bits per heavy atom. The lowest BCUT2D eigenvalue weighted by Crippen LogP contribution is -2.65. The molecule has 40 heavy (non-hydrogen) atoms. The van der Waals surface area contributed by atoms with Gasteiger partial charge in [-0.15, -0.1) is 0 Å². The number of esters is 4. The topological polar surface area (TPSA) is 138 Å². The van der Waals surface area contributed by atoms with Crippen LogP contribution in [0.1, 0.15) is 25.0 Å². The molecule has 1 N–H and O–H groups in total. The van der Waals surface area contributed by atoms with E-state index in [4.69, 9.17) is 18.9 Å². The van der Waals surface area contributed by atoms with E-state index in [0.29, 0.717) is 10.2 Å². The molecule has 4 rings (SSSR count). The van der Waals surface area contributed by atoms with Crippen LogP contribution in [0.5, 0.6) is 0 Å². The highest BCUT2D eigenvalue weighted by atomic mass is 79.9. The van der Waals surface area contributed by atoms with Crippen LogP contribution in [-0.2, 0) is 55.0 Å². The lowest BCUT2D eigenvalue weighted by atomic mass is 9.72. The molecule has 1 fully saturated rings. The second-order valence-electron chi connectivity index (χ2n) is 9.22. The van der Waals surface area contributed by atoms with Crippen LogP contribution in [0.2, 0.25) is 0 Å². The number of carbonyl (C=O) groups is 5. The zero-order valence-electron chi connectivity index (χ0n) is 22.4. The summed E-state index contributed by atoms with van der Waals surface area (Å²) in [5.74, 6) is -8.77. The largest absolute Gasteiger partial charge is 0.469 e. The summed E-state index contributed by atoms with van der Waals surface area (Å²) in [5, 5.41) is 2.86. The molecule has 12 heteroatoms. The van der Waals surface area contributed by atoms with Crippen molar-refractivity contribution in [3.63, 3.8) is 0 Å². The summed E-state index contributed by atoms with van der Waals surface area (Å²) in [4.78, 5) is 70.4. The monoisotopic (exact) mass is 616 g/mol. The van der Waals surface area contributed by atoms with E-state index < -0.39 is 52.7 Å². The van der Waals surface area contributed by atoms with E-state index in [1.165, 1.54) is 18.7 Å². The maximum absolute atomic E-state index is 14.6. The quantitative estimate of drug-likeness (QED) is 0.267. The highest BCUT2D eigenvalue weighted by Gasteiger charge is 2.79. The average Bonchev–Trinajstić information content (AvgIpc) is 3.39. The van der Waals surface area contributed by atoms with Crippen LogP contribution in [0, 0.1) is 11.8 Å². The molecule has 0 radical (unpaired) electrons. The number of carbonyl (C=O) groups excluding carboxylic acids is 5. The zero-order chi connectivity index (χ0) is 29.2. The predicted molar refractivity (Wildman–Crippen MR) is 144 cm³/mol. The van der Waals surface area contributed by atoms with Crippen molar-refractivity contribution < 1.29 is 42.9 Å². The van der Waals surface area contributed by atoms with E-state index in [9.17, 15) is 24.0 Å². The van der Waals surface area contributed by atoms with E-state index in [-0.39, 0.29) is 25.3 Å². The maximum Gasteiger partial charge on any atom is 0.339 e. The summed E-state index contributed by atoms with van der Waals surface area (Å²) >= 11 is 3.44. The first-order chi connectivity index (χ1) is 19.1. The van der Waals surface area contributed by atoms with Crippen LogP contribution >= 0.6 is 15.9 Å². The fourth-order valence-corrected chi connectivity index (χ4v) is 5.97. The van der Waals surface area contributed by atoms with Gasteiger partial charge >= 0.3 is 23.9 Å². The van der Waals surface area contributed by atoms with Crippen molar-refractivity contribution in [2.75, 3.05) is 32.3 Å². The highest BCUT2D eigenvalue weighted by Crippen LogP contribution is 2.56. The summed E-state index contributed by atoms with van der Waals surface area (Å²) < 4.78 is 21.2. The number of halogens is 1. The van der Waals surface area contributed by atoms with Crippen LogP contribution in [-0.4, -0.2) is 62.8 Å². The lowest BCUT2D eigenvalue weighted by Gasteiger charge is -2.31. The van der Waals surface area contributed by atoms with E-state index in [2.05, 4.69) is 21.2 Å². The van der Waals surface area contributed by atoms with Crippen molar-refractivity contribution in [3.8, 4) is 0 Å². The minimum absolute atomic E-state index is 0.0924. The Morgan fingerprint density at radius 3 is 2.02 bits per heavy atom. The number of hydrogen-bond acceptors (Lipinski definition) is 10. The Hall–Kier alpha value is -3.77. The first-order valence-electron chi connectivity index (χ1n) is 12.6. The number of hydrogen-bond donors (Lipinski definition) is 1. The second-order valence-corrected chi connectivity index (χ2v) is 10.1. The van der Waals surface area contributed by atoms with E-state index >= 15 is 0 Å². The number of amides is 1. The summed E-state index contributed by atoms with van der Waals surface area (Å²) in [6.07, 6.45) is 0. The summed E-state index contributed by atoms with van der Waals surface area (Å²) in [6.45, 7) is 2.80. The molecule has 1 saturated heterocycles. The molecule has 0 saturated carbocycles. The Kier molecular flexibility index (Phi) is 8.31. The van der Waals surface area contributed by atoms with Crippen LogP contribution in [0.3, 0.4) is 0 Å². The fraction of sp³-hybridized carbons (Fsp3) is 0.393. The summed E-state index contributed by atoms with van der Waals surface area (Å²) in [7, 11) is 2.13. The summed E-state index contributed by atoms with van der Waals surface area (Å²) in [5.41, 5.74) is -3.28. The SMILES string of the molecule is CCOC(=O)C1(C(=O)OCC)N[C@@]2(C(=O)N(Cc3ccccc3)c3cc(Br)ccc32)[C@H](C(=O)OC)[C@@H]1C(=O)OC. The first kappa shape index (κ1) is 29.2. The van der Waals surface area contributed by atoms with Gasteiger partial charge in [-0.05, 0) is 31.5 Å². The Balaban J connectivity index is 2.05. The van der Waals surface area contributed by atoms with Gasteiger partial charge in [0.15, 0.2) is 0 Å². The van der Waals surface area contributed by atoms with Crippen molar-refractivity contribution in [1.82, 2.24) is 5.32 Å². The van der Waals surface area contributed by atoms with Gasteiger partial charge in [0, 0.05) is 10.0 Å². The Morgan fingerprint density at radius 2 is 1.48 bits per heavy atom. The first-order valence-corrected chi connectivity index (χ1v) is 13.4. The van der Waals surface area contributed by atoms with Crippen molar-refractivity contribution in [1.29, 1.82) is 0 Å². The van der Waals surface area contributed by atoms with Gasteiger partial charge in [0.2, 0.25) is 5.54 Å². The van der Waals surface area contributed by atoms with Gasteiger partial charge in [0.05, 0.1) is 39.7 Å². The van der Waals surface area contributed by atoms with Crippen LogP contribution in [0.25, 0.3) is 0 Å². The van der Waals surface area contributed by atoms with Gasteiger partial charge in [-0.25, -0.2) is 9.59 Å². The van der Waals surface area contributed by atoms with Gasteiger partial charge in [-0.3, -0.25) is 19.7 Å². The molecule has 11 nitrogen and oxygen atoms in total. The van der Waals surface area contributed by atoms with Gasteiger partial charge < -0.3 is 23.8 Å². The minimum atomic E-state index is -2.61. The number of ether oxygens (including phenoxy) is 4. The van der Waals surface area contributed by atoms with Gasteiger partial charge in [0.25, 0.3) is 5.91 Å². The average molecular weight is 617 g/mol. The van der Waals surface area contributed by atoms with Gasteiger partial charge in [0.1, 0.15) is 17.4 Å². The van der Waals surface area contributed by atoms with E-state index in [1.54, 1.807) is 18.2 Å². The van der Waals surface area contributed by atoms with Gasteiger partial charge in [-0.1, -0.05) is 52.3 Å². The zero-order valence-corrected chi connectivity index (χ0v) is 24.0. The molecule has 2 aromatic carbocycles. The third-order valence-corrected chi connectivity index (χ3v) is 7.70. The third-order valence-electron chi connectivity index (χ3n) is 7.21. The molecular weight excluding hydrogens is 588 g/mol. The molecule has 0 aliphatic carbocycles. The van der Waals surface area contributed by atoms with Crippen LogP contribution in [0.15, 0.2) is 53.0 Å². The molecule has 0 unspecified atom stereocenters. The molecule has 3 atom stereocenters. The molecule has 0 aromatic heterocycles. The van der Waals surface area contributed by atoms with Crippen LogP contribution < -0.4 is 10.2 Å². The fourth-order valence-electron chi connectivity index (χ4n) is 5.62. The number of anilines is 1. The van der Waals surface area contributed by atoms with Crippen molar-refractivity contribution in [2.45, 2.75) is 31.5 Å². The van der Waals surface area contributed by atoms with Crippen molar-refractivity contribution >= 4 is 51.4 Å². The molecule has 1 spiro atoms. The Bertz CT molecular complexity index is 1330. The highest BCUT2D eigenvalue weighted by molar-refractivity contribution is 9.10. The predicted octanol–water partition coefficient (Wildman–Crippen LogP) is 2.24. The molecular formula is C28H29BrN2O9. The molecule has 212 valence electrons. The second kappa shape index (κ2) is 11.4. The standard InChI is InChI=1S/C28H29BrN2O9/c1-5-39-25(35)28(26(36)40-6-2)21(23(33)38-4)20(22(32)37-3)27(30-28)18-13-12-17(29)14-19(18)31(24(27)34)15-16-10-8-7-9-11-16/h7-14,20-21,30H,5-6,15H2,1-4H3/t20-,21+,27+/m0/s1. The van der Waals surface area contributed by atoms with Gasteiger partial charge in [-0.2, -0.15) is 0 Å². The molecule has 2 aliphatic heterocycles. The van der Waals surface area contributed by atoms with E-state index in [0.717, 1.165) is 19.8 Å². The minimum Gasteiger partial charge on any atom is -0.469 e. The summed E-state index contributed by atoms with van der Waals surface area (Å²) in [6, 6.07) is 14.0. The molecule has 0 bridgehead atoms. The van der Waals surface area contributed by atoms with Crippen molar-refractivity contribution in [3.05, 3.63) is 64.1 Å². The number of nitrogens with one attached hydrogen (secondary N) is 1.